The number of aryl methyl sites for hydroxylation is 1. The Morgan fingerprint density at radius 1 is 1.35 bits per heavy atom. The summed E-state index contributed by atoms with van der Waals surface area (Å²) < 4.78 is 2.24. The molecule has 0 atom stereocenters. The molecule has 0 unspecified atom stereocenters. The maximum Gasteiger partial charge on any atom is 0.125 e. The molecule has 0 radical (unpaired) electrons. The Morgan fingerprint density at radius 2 is 2.18 bits per heavy atom. The molecule has 90 valence electrons. The molecule has 0 spiro atoms. The Kier molecular flexibility index (Phi) is 4.67. The topological polar surface area (TPSA) is 37.8 Å². The zero-order valence-electron chi connectivity index (χ0n) is 9.20. The molecule has 1 N–H and O–H groups in total. The molecular formula is C11H11Br2N3S. The van der Waals surface area contributed by atoms with Crippen LogP contribution in [0.3, 0.4) is 0 Å². The van der Waals surface area contributed by atoms with E-state index in [1.165, 1.54) is 4.88 Å². The average molecular weight is 377 g/mol. The second-order valence-corrected chi connectivity index (χ2v) is 6.84. The fourth-order valence-corrected chi connectivity index (χ4v) is 3.54. The number of rotatable bonds is 4. The van der Waals surface area contributed by atoms with Gasteiger partial charge in [-0.2, -0.15) is 0 Å². The third-order valence-corrected chi connectivity index (χ3v) is 5.39. The summed E-state index contributed by atoms with van der Waals surface area (Å²) in [6, 6.07) is 4.05. The van der Waals surface area contributed by atoms with Crippen molar-refractivity contribution in [2.24, 2.45) is 0 Å². The molecule has 0 aliphatic heterocycles. The van der Waals surface area contributed by atoms with Gasteiger partial charge in [-0.3, -0.25) is 0 Å². The molecule has 0 amide bonds. The van der Waals surface area contributed by atoms with Crippen LogP contribution in [0, 0.1) is 6.92 Å². The minimum Gasteiger partial charge on any atom is -0.306 e. The van der Waals surface area contributed by atoms with Crippen LogP contribution in [0.25, 0.3) is 0 Å². The van der Waals surface area contributed by atoms with Gasteiger partial charge in [-0.25, -0.2) is 9.97 Å². The molecular weight excluding hydrogens is 366 g/mol. The monoisotopic (exact) mass is 375 g/mol. The number of nitrogens with zero attached hydrogens (tertiary/aromatic N) is 2. The van der Waals surface area contributed by atoms with Gasteiger partial charge in [0.05, 0.1) is 9.48 Å². The van der Waals surface area contributed by atoms with Crippen LogP contribution in [0.4, 0.5) is 0 Å². The van der Waals surface area contributed by atoms with E-state index in [1.54, 1.807) is 17.5 Å². The van der Waals surface area contributed by atoms with Crippen LogP contribution in [-0.4, -0.2) is 9.97 Å². The predicted molar refractivity (Wildman–Crippen MR) is 77.0 cm³/mol. The van der Waals surface area contributed by atoms with Gasteiger partial charge in [-0.05, 0) is 50.9 Å². The summed E-state index contributed by atoms with van der Waals surface area (Å²) in [6.45, 7) is 3.51. The molecule has 2 rings (SSSR count). The molecule has 0 bridgehead atoms. The summed E-state index contributed by atoms with van der Waals surface area (Å²) in [4.78, 5) is 9.70. The summed E-state index contributed by atoms with van der Waals surface area (Å²) in [6.07, 6.45) is 1.79. The fraction of sp³-hybridized carbons (Fsp3) is 0.273. The van der Waals surface area contributed by atoms with Crippen molar-refractivity contribution in [3.8, 4) is 0 Å². The molecule has 2 aromatic rings. The first kappa shape index (κ1) is 13.1. The molecule has 6 heteroatoms. The van der Waals surface area contributed by atoms with E-state index >= 15 is 0 Å². The number of aromatic nitrogens is 2. The van der Waals surface area contributed by atoms with Gasteiger partial charge in [0.15, 0.2) is 0 Å². The number of hydrogen-bond acceptors (Lipinski definition) is 4. The zero-order chi connectivity index (χ0) is 12.3. The predicted octanol–water partition coefficient (Wildman–Crippen LogP) is 3.66. The molecule has 2 aromatic heterocycles. The molecule has 0 saturated heterocycles. The van der Waals surface area contributed by atoms with E-state index < -0.39 is 0 Å². The molecule has 0 aliphatic rings. The van der Waals surface area contributed by atoms with Crippen LogP contribution in [0.15, 0.2) is 26.6 Å². The number of halogens is 2. The summed E-state index contributed by atoms with van der Waals surface area (Å²) in [5.41, 5.74) is 1.02. The highest BCUT2D eigenvalue weighted by Crippen LogP contribution is 2.32. The second-order valence-electron chi connectivity index (χ2n) is 3.53. The Labute approximate surface area is 121 Å². The molecule has 0 saturated carbocycles. The van der Waals surface area contributed by atoms with E-state index in [2.05, 4.69) is 53.2 Å². The highest BCUT2D eigenvalue weighted by atomic mass is 79.9. The number of hydrogen-bond donors (Lipinski definition) is 1. The van der Waals surface area contributed by atoms with Crippen molar-refractivity contribution in [2.75, 3.05) is 0 Å². The largest absolute Gasteiger partial charge is 0.306 e. The SMILES string of the molecule is Cc1nccc(CNCc2cc(Br)c(Br)s2)n1. The van der Waals surface area contributed by atoms with Crippen molar-refractivity contribution in [2.45, 2.75) is 20.0 Å². The van der Waals surface area contributed by atoms with Gasteiger partial charge in [0.25, 0.3) is 0 Å². The normalized spacial score (nSPS) is 10.8. The van der Waals surface area contributed by atoms with E-state index in [-0.39, 0.29) is 0 Å². The van der Waals surface area contributed by atoms with E-state index in [9.17, 15) is 0 Å². The third kappa shape index (κ3) is 3.84. The van der Waals surface area contributed by atoms with Crippen LogP contribution in [0.5, 0.6) is 0 Å². The zero-order valence-corrected chi connectivity index (χ0v) is 13.2. The van der Waals surface area contributed by atoms with E-state index in [1.807, 2.05) is 13.0 Å². The summed E-state index contributed by atoms with van der Waals surface area (Å²) >= 11 is 8.69. The lowest BCUT2D eigenvalue weighted by Crippen LogP contribution is -2.13. The van der Waals surface area contributed by atoms with Crippen LogP contribution in [0.2, 0.25) is 0 Å². The molecule has 17 heavy (non-hydrogen) atoms. The highest BCUT2D eigenvalue weighted by Gasteiger charge is 2.03. The minimum atomic E-state index is 0.760. The van der Waals surface area contributed by atoms with Crippen LogP contribution < -0.4 is 5.32 Å². The first-order valence-corrected chi connectivity index (χ1v) is 7.48. The van der Waals surface area contributed by atoms with E-state index in [0.717, 1.165) is 32.9 Å². The standard InChI is InChI=1S/C11H11Br2N3S/c1-7-15-3-2-8(16-7)5-14-6-9-4-10(12)11(13)17-9/h2-4,14H,5-6H2,1H3. The minimum absolute atomic E-state index is 0.760. The Bertz CT molecular complexity index is 494. The Balaban J connectivity index is 1.87. The van der Waals surface area contributed by atoms with Gasteiger partial charge < -0.3 is 5.32 Å². The van der Waals surface area contributed by atoms with Gasteiger partial charge in [0.1, 0.15) is 5.82 Å². The fourth-order valence-electron chi connectivity index (χ4n) is 1.40. The van der Waals surface area contributed by atoms with Crippen molar-refractivity contribution >= 4 is 43.2 Å². The summed E-state index contributed by atoms with van der Waals surface area (Å²) in [7, 11) is 0. The Morgan fingerprint density at radius 3 is 2.82 bits per heavy atom. The Hall–Kier alpha value is -0.300. The number of nitrogens with one attached hydrogen (secondary N) is 1. The lowest BCUT2D eigenvalue weighted by molar-refractivity contribution is 0.681. The summed E-state index contributed by atoms with van der Waals surface area (Å²) in [5, 5.41) is 3.36. The lowest BCUT2D eigenvalue weighted by atomic mass is 10.4. The van der Waals surface area contributed by atoms with E-state index in [0.29, 0.717) is 0 Å². The van der Waals surface area contributed by atoms with Gasteiger partial charge in [0, 0.05) is 28.6 Å². The van der Waals surface area contributed by atoms with Crippen LogP contribution in [0.1, 0.15) is 16.4 Å². The van der Waals surface area contributed by atoms with Gasteiger partial charge >= 0.3 is 0 Å². The summed E-state index contributed by atoms with van der Waals surface area (Å²) in [5.74, 6) is 0.811. The third-order valence-electron chi connectivity index (χ3n) is 2.14. The smallest absolute Gasteiger partial charge is 0.125 e. The molecule has 0 fully saturated rings. The van der Waals surface area contributed by atoms with Crippen molar-refractivity contribution < 1.29 is 0 Å². The lowest BCUT2D eigenvalue weighted by Gasteiger charge is -2.02. The van der Waals surface area contributed by atoms with Crippen LogP contribution in [-0.2, 0) is 13.1 Å². The van der Waals surface area contributed by atoms with Crippen LogP contribution >= 0.6 is 43.2 Å². The van der Waals surface area contributed by atoms with E-state index in [4.69, 9.17) is 0 Å². The molecule has 2 heterocycles. The maximum atomic E-state index is 4.34. The highest BCUT2D eigenvalue weighted by molar-refractivity contribution is 9.13. The first-order valence-electron chi connectivity index (χ1n) is 5.08. The van der Waals surface area contributed by atoms with Gasteiger partial charge in [-0.1, -0.05) is 0 Å². The maximum absolute atomic E-state index is 4.34. The second kappa shape index (κ2) is 6.04. The molecule has 0 aliphatic carbocycles. The van der Waals surface area contributed by atoms with Crippen molar-refractivity contribution in [1.82, 2.24) is 15.3 Å². The first-order chi connectivity index (χ1) is 8.15. The average Bonchev–Trinajstić information content (AvgIpc) is 2.58. The molecule has 0 aromatic carbocycles. The quantitative estimate of drug-likeness (QED) is 0.884. The molecule has 3 nitrogen and oxygen atoms in total. The van der Waals surface area contributed by atoms with Gasteiger partial charge in [-0.15, -0.1) is 11.3 Å². The van der Waals surface area contributed by atoms with Crippen molar-refractivity contribution in [3.05, 3.63) is 43.0 Å². The number of thiophene rings is 1. The van der Waals surface area contributed by atoms with Crippen molar-refractivity contribution in [3.63, 3.8) is 0 Å². The van der Waals surface area contributed by atoms with Gasteiger partial charge in [0.2, 0.25) is 0 Å². The van der Waals surface area contributed by atoms with Crippen molar-refractivity contribution in [1.29, 1.82) is 0 Å².